The quantitative estimate of drug-likeness (QED) is 0.868. The van der Waals surface area contributed by atoms with Crippen LogP contribution in [-0.2, 0) is 4.74 Å². The predicted molar refractivity (Wildman–Crippen MR) is 84.5 cm³/mol. The molecule has 1 aromatic rings. The zero-order valence-electron chi connectivity index (χ0n) is 12.6. The number of nitrogens with zero attached hydrogens (tertiary/aromatic N) is 2. The second kappa shape index (κ2) is 6.91. The molecule has 0 aliphatic carbocycles. The van der Waals surface area contributed by atoms with Gasteiger partial charge >= 0.3 is 0 Å². The molecule has 1 aromatic carbocycles. The fourth-order valence-electron chi connectivity index (χ4n) is 2.88. The number of nitrogens with one attached hydrogen (secondary N) is 2. The Morgan fingerprint density at radius 3 is 2.76 bits per heavy atom. The molecule has 1 fully saturated rings. The number of benzene rings is 1. The third-order valence-corrected chi connectivity index (χ3v) is 4.04. The van der Waals surface area contributed by atoms with Gasteiger partial charge in [-0.05, 0) is 12.5 Å². The molecule has 2 unspecified atom stereocenters. The summed E-state index contributed by atoms with van der Waals surface area (Å²) >= 11 is 0. The minimum Gasteiger partial charge on any atom is -0.379 e. The van der Waals surface area contributed by atoms with Gasteiger partial charge in [0, 0.05) is 25.7 Å². The van der Waals surface area contributed by atoms with Crippen molar-refractivity contribution in [3.8, 4) is 0 Å². The molecule has 0 spiro atoms. The summed E-state index contributed by atoms with van der Waals surface area (Å²) in [6, 6.07) is 11.5. The second-order valence-electron chi connectivity index (χ2n) is 5.69. The topological polar surface area (TPSA) is 48.9 Å². The third kappa shape index (κ3) is 3.74. The number of guanidine groups is 1. The van der Waals surface area contributed by atoms with Crippen LogP contribution in [0.25, 0.3) is 0 Å². The summed E-state index contributed by atoms with van der Waals surface area (Å²) in [4.78, 5) is 6.97. The molecule has 0 bridgehead atoms. The Morgan fingerprint density at radius 2 is 2.10 bits per heavy atom. The lowest BCUT2D eigenvalue weighted by Crippen LogP contribution is -2.46. The van der Waals surface area contributed by atoms with Gasteiger partial charge < -0.3 is 15.4 Å². The van der Waals surface area contributed by atoms with E-state index in [-0.39, 0.29) is 0 Å². The lowest BCUT2D eigenvalue weighted by atomic mass is 10.0. The van der Waals surface area contributed by atoms with Crippen molar-refractivity contribution in [2.24, 2.45) is 4.99 Å². The largest absolute Gasteiger partial charge is 0.379 e. The lowest BCUT2D eigenvalue weighted by molar-refractivity contribution is 0.0170. The minimum atomic E-state index is 0.357. The predicted octanol–water partition coefficient (Wildman–Crippen LogP) is 0.997. The molecule has 5 heteroatoms. The molecular formula is C16H24N4O. The molecule has 114 valence electrons. The summed E-state index contributed by atoms with van der Waals surface area (Å²) in [7, 11) is 0. The van der Waals surface area contributed by atoms with Gasteiger partial charge in [-0.2, -0.15) is 0 Å². The number of rotatable bonds is 4. The Balaban J connectivity index is 1.67. The van der Waals surface area contributed by atoms with Gasteiger partial charge in [0.25, 0.3) is 0 Å². The van der Waals surface area contributed by atoms with Gasteiger partial charge in [-0.15, -0.1) is 0 Å². The van der Waals surface area contributed by atoms with Crippen molar-refractivity contribution in [2.45, 2.75) is 19.0 Å². The zero-order valence-corrected chi connectivity index (χ0v) is 12.6. The highest BCUT2D eigenvalue weighted by molar-refractivity contribution is 5.81. The molecule has 0 aromatic heterocycles. The van der Waals surface area contributed by atoms with Crippen LogP contribution in [0.3, 0.4) is 0 Å². The highest BCUT2D eigenvalue weighted by Gasteiger charge is 2.23. The first kappa shape index (κ1) is 14.4. The molecule has 0 saturated carbocycles. The van der Waals surface area contributed by atoms with E-state index in [9.17, 15) is 0 Å². The molecule has 0 radical (unpaired) electrons. The van der Waals surface area contributed by atoms with Crippen molar-refractivity contribution in [1.82, 2.24) is 15.5 Å². The Kier molecular flexibility index (Phi) is 4.72. The number of morpholine rings is 1. The molecule has 2 aliphatic rings. The van der Waals surface area contributed by atoms with E-state index in [0.29, 0.717) is 12.1 Å². The van der Waals surface area contributed by atoms with Crippen LogP contribution < -0.4 is 10.6 Å². The standard InChI is InChI=1S/C16H24N4O/c1-13-11-17-16(19-13)18-12-15(14-5-3-2-4-6-14)20-7-9-21-10-8-20/h2-6,13,15H,7-12H2,1H3,(H2,17,18,19). The normalized spacial score (nSPS) is 24.2. The molecule has 2 N–H and O–H groups in total. The average molecular weight is 288 g/mol. The molecule has 2 heterocycles. The first-order valence-electron chi connectivity index (χ1n) is 7.74. The van der Waals surface area contributed by atoms with Crippen LogP contribution in [0.15, 0.2) is 35.3 Å². The molecule has 5 nitrogen and oxygen atoms in total. The maximum atomic E-state index is 5.48. The Morgan fingerprint density at radius 1 is 1.33 bits per heavy atom. The summed E-state index contributed by atoms with van der Waals surface area (Å²) in [5, 5.41) is 6.82. The van der Waals surface area contributed by atoms with E-state index >= 15 is 0 Å². The van der Waals surface area contributed by atoms with E-state index in [2.05, 4.69) is 57.8 Å². The van der Waals surface area contributed by atoms with Gasteiger partial charge in [0.05, 0.1) is 25.8 Å². The van der Waals surface area contributed by atoms with Crippen molar-refractivity contribution >= 4 is 5.96 Å². The van der Waals surface area contributed by atoms with Crippen LogP contribution in [0.2, 0.25) is 0 Å². The third-order valence-electron chi connectivity index (χ3n) is 4.04. The van der Waals surface area contributed by atoms with E-state index in [1.54, 1.807) is 0 Å². The van der Waals surface area contributed by atoms with Gasteiger partial charge in [-0.1, -0.05) is 30.3 Å². The number of hydrogen-bond acceptors (Lipinski definition) is 5. The molecule has 21 heavy (non-hydrogen) atoms. The summed E-state index contributed by atoms with van der Waals surface area (Å²) in [5.74, 6) is 0.927. The van der Waals surface area contributed by atoms with Crippen molar-refractivity contribution in [3.63, 3.8) is 0 Å². The number of aliphatic imine (C=N–C) groups is 1. The fraction of sp³-hybridized carbons (Fsp3) is 0.562. The maximum absolute atomic E-state index is 5.48. The molecule has 2 atom stereocenters. The van der Waals surface area contributed by atoms with E-state index < -0.39 is 0 Å². The Labute approximate surface area is 126 Å². The van der Waals surface area contributed by atoms with Gasteiger partial charge in [0.2, 0.25) is 0 Å². The van der Waals surface area contributed by atoms with E-state index in [1.165, 1.54) is 5.56 Å². The summed E-state index contributed by atoms with van der Waals surface area (Å²) in [5.41, 5.74) is 1.35. The average Bonchev–Trinajstić information content (AvgIpc) is 2.95. The summed E-state index contributed by atoms with van der Waals surface area (Å²) in [6.45, 7) is 7.47. The van der Waals surface area contributed by atoms with E-state index in [0.717, 1.165) is 45.4 Å². The van der Waals surface area contributed by atoms with Crippen LogP contribution in [0.1, 0.15) is 18.5 Å². The van der Waals surface area contributed by atoms with Gasteiger partial charge in [0.1, 0.15) is 0 Å². The monoisotopic (exact) mass is 288 g/mol. The van der Waals surface area contributed by atoms with Gasteiger partial charge in [0.15, 0.2) is 5.96 Å². The smallest absolute Gasteiger partial charge is 0.191 e. The van der Waals surface area contributed by atoms with Crippen LogP contribution in [0, 0.1) is 0 Å². The SMILES string of the molecule is CC1CN=C(NCC(c2ccccc2)N2CCOCC2)N1. The minimum absolute atomic E-state index is 0.357. The van der Waals surface area contributed by atoms with Crippen molar-refractivity contribution < 1.29 is 4.74 Å². The van der Waals surface area contributed by atoms with Crippen molar-refractivity contribution in [1.29, 1.82) is 0 Å². The van der Waals surface area contributed by atoms with Crippen molar-refractivity contribution in [3.05, 3.63) is 35.9 Å². The van der Waals surface area contributed by atoms with E-state index in [1.807, 2.05) is 0 Å². The first-order valence-corrected chi connectivity index (χ1v) is 7.74. The summed E-state index contributed by atoms with van der Waals surface area (Å²) < 4.78 is 5.48. The van der Waals surface area contributed by atoms with Crippen LogP contribution >= 0.6 is 0 Å². The van der Waals surface area contributed by atoms with Crippen LogP contribution in [-0.4, -0.2) is 56.3 Å². The van der Waals surface area contributed by atoms with Gasteiger partial charge in [-0.3, -0.25) is 9.89 Å². The maximum Gasteiger partial charge on any atom is 0.191 e. The Hall–Kier alpha value is -1.59. The van der Waals surface area contributed by atoms with Gasteiger partial charge in [-0.25, -0.2) is 0 Å². The highest BCUT2D eigenvalue weighted by Crippen LogP contribution is 2.21. The van der Waals surface area contributed by atoms with E-state index in [4.69, 9.17) is 4.74 Å². The fourth-order valence-corrected chi connectivity index (χ4v) is 2.88. The van der Waals surface area contributed by atoms with Crippen LogP contribution in [0.4, 0.5) is 0 Å². The van der Waals surface area contributed by atoms with Crippen molar-refractivity contribution in [2.75, 3.05) is 39.4 Å². The molecule has 1 saturated heterocycles. The van der Waals surface area contributed by atoms with Crippen LogP contribution in [0.5, 0.6) is 0 Å². The molecule has 0 amide bonds. The summed E-state index contributed by atoms with van der Waals surface area (Å²) in [6.07, 6.45) is 0. The number of ether oxygens (including phenoxy) is 1. The molecule has 2 aliphatic heterocycles. The zero-order chi connectivity index (χ0) is 14.5. The second-order valence-corrected chi connectivity index (χ2v) is 5.69. The molecular weight excluding hydrogens is 264 g/mol. The molecule has 3 rings (SSSR count). The lowest BCUT2D eigenvalue weighted by Gasteiger charge is -2.35. The highest BCUT2D eigenvalue weighted by atomic mass is 16.5. The number of hydrogen-bond donors (Lipinski definition) is 2. The Bertz CT molecular complexity index is 470. The first-order chi connectivity index (χ1) is 10.3.